The molecule has 1 aliphatic heterocycles. The zero-order valence-corrected chi connectivity index (χ0v) is 19.2. The highest BCUT2D eigenvalue weighted by Crippen LogP contribution is 2.33. The SMILES string of the molecule is COc1cc2cnn(CC(=O)c3ccncc3)c(=O)c2c(N2CCC(CCP(O)O)CC2)n1. The van der Waals surface area contributed by atoms with Crippen LogP contribution in [0.4, 0.5) is 5.82 Å². The Hall–Kier alpha value is -2.94. The molecule has 0 radical (unpaired) electrons. The van der Waals surface area contributed by atoms with E-state index in [4.69, 9.17) is 4.74 Å². The molecule has 33 heavy (non-hydrogen) atoms. The highest BCUT2D eigenvalue weighted by molar-refractivity contribution is 7.45. The zero-order valence-electron chi connectivity index (χ0n) is 18.3. The van der Waals surface area contributed by atoms with E-state index in [-0.39, 0.29) is 17.9 Å². The minimum absolute atomic E-state index is 0.183. The van der Waals surface area contributed by atoms with Crippen LogP contribution in [0.5, 0.6) is 5.88 Å². The van der Waals surface area contributed by atoms with Gasteiger partial charge in [-0.1, -0.05) is 0 Å². The van der Waals surface area contributed by atoms with Gasteiger partial charge in [-0.05, 0) is 37.3 Å². The highest BCUT2D eigenvalue weighted by atomic mass is 31.2. The molecule has 0 atom stereocenters. The highest BCUT2D eigenvalue weighted by Gasteiger charge is 2.25. The molecule has 2 N–H and O–H groups in total. The molecule has 0 aromatic carbocycles. The maximum absolute atomic E-state index is 13.4. The Balaban J connectivity index is 1.64. The lowest BCUT2D eigenvalue weighted by Gasteiger charge is -2.33. The van der Waals surface area contributed by atoms with Crippen molar-refractivity contribution in [2.45, 2.75) is 25.8 Å². The summed E-state index contributed by atoms with van der Waals surface area (Å²) in [6.45, 7) is 1.19. The predicted molar refractivity (Wildman–Crippen MR) is 125 cm³/mol. The largest absolute Gasteiger partial charge is 0.481 e. The molecular formula is C22H26N5O5P. The van der Waals surface area contributed by atoms with Gasteiger partial charge in [0.25, 0.3) is 5.56 Å². The first kappa shape index (κ1) is 23.2. The van der Waals surface area contributed by atoms with Crippen molar-refractivity contribution in [1.29, 1.82) is 0 Å². The van der Waals surface area contributed by atoms with Crippen molar-refractivity contribution in [2.24, 2.45) is 5.92 Å². The number of fused-ring (bicyclic) bond motifs is 1. The second-order valence-corrected chi connectivity index (χ2v) is 9.23. The number of pyridine rings is 2. The molecule has 11 heteroatoms. The summed E-state index contributed by atoms with van der Waals surface area (Å²) < 4.78 is 6.51. The number of hydrogen-bond donors (Lipinski definition) is 2. The average Bonchev–Trinajstić information content (AvgIpc) is 2.84. The Morgan fingerprint density at radius 3 is 2.64 bits per heavy atom. The number of Topliss-reactive ketones (excluding diaryl/α,β-unsaturated/α-hetero) is 1. The Bertz CT molecular complexity index is 1180. The summed E-state index contributed by atoms with van der Waals surface area (Å²) in [5.74, 6) is 1.08. The van der Waals surface area contributed by atoms with Crippen molar-refractivity contribution in [3.8, 4) is 5.88 Å². The van der Waals surface area contributed by atoms with Gasteiger partial charge in [-0.2, -0.15) is 10.1 Å². The molecule has 174 valence electrons. The lowest BCUT2D eigenvalue weighted by atomic mass is 9.94. The third-order valence-electron chi connectivity index (χ3n) is 5.95. The fourth-order valence-electron chi connectivity index (χ4n) is 4.10. The number of carbonyl (C=O) groups is 1. The molecule has 1 aliphatic rings. The van der Waals surface area contributed by atoms with Gasteiger partial charge in [-0.3, -0.25) is 14.6 Å². The van der Waals surface area contributed by atoms with Gasteiger partial charge in [-0.15, -0.1) is 0 Å². The van der Waals surface area contributed by atoms with E-state index in [0.29, 0.717) is 53.2 Å². The van der Waals surface area contributed by atoms with Crippen LogP contribution in [-0.4, -0.2) is 61.7 Å². The molecule has 0 spiro atoms. The summed E-state index contributed by atoms with van der Waals surface area (Å²) >= 11 is 0. The summed E-state index contributed by atoms with van der Waals surface area (Å²) in [6, 6.07) is 4.88. The van der Waals surface area contributed by atoms with Gasteiger partial charge >= 0.3 is 0 Å². The second kappa shape index (κ2) is 10.3. The minimum atomic E-state index is -1.87. The second-order valence-electron chi connectivity index (χ2n) is 8.03. The van der Waals surface area contributed by atoms with Crippen LogP contribution in [0.25, 0.3) is 10.8 Å². The molecular weight excluding hydrogens is 445 g/mol. The molecule has 4 heterocycles. The minimum Gasteiger partial charge on any atom is -0.481 e. The van der Waals surface area contributed by atoms with Gasteiger partial charge < -0.3 is 19.4 Å². The normalized spacial score (nSPS) is 14.7. The van der Waals surface area contributed by atoms with Crippen LogP contribution in [0.1, 0.15) is 29.6 Å². The number of carbonyl (C=O) groups excluding carboxylic acids is 1. The van der Waals surface area contributed by atoms with Gasteiger partial charge in [-0.25, -0.2) is 4.68 Å². The third kappa shape index (κ3) is 5.35. The molecule has 0 aliphatic carbocycles. The quantitative estimate of drug-likeness (QED) is 0.374. The van der Waals surface area contributed by atoms with E-state index in [1.54, 1.807) is 24.4 Å². The van der Waals surface area contributed by atoms with E-state index in [0.717, 1.165) is 19.3 Å². The topological polar surface area (TPSA) is 131 Å². The smallest absolute Gasteiger partial charge is 0.278 e. The van der Waals surface area contributed by atoms with Gasteiger partial charge in [0.1, 0.15) is 12.4 Å². The van der Waals surface area contributed by atoms with Crippen LogP contribution in [0.2, 0.25) is 0 Å². The fraction of sp³-hybridized carbons (Fsp3) is 0.409. The predicted octanol–water partition coefficient (Wildman–Crippen LogP) is 1.98. The lowest BCUT2D eigenvalue weighted by molar-refractivity contribution is 0.0966. The van der Waals surface area contributed by atoms with Gasteiger partial charge in [0, 0.05) is 48.7 Å². The lowest BCUT2D eigenvalue weighted by Crippen LogP contribution is -2.36. The van der Waals surface area contributed by atoms with E-state index < -0.39 is 8.38 Å². The van der Waals surface area contributed by atoms with Crippen molar-refractivity contribution in [2.75, 3.05) is 31.3 Å². The maximum atomic E-state index is 13.4. The van der Waals surface area contributed by atoms with Crippen LogP contribution in [0.3, 0.4) is 0 Å². The van der Waals surface area contributed by atoms with Gasteiger partial charge in [0.05, 0.1) is 18.7 Å². The van der Waals surface area contributed by atoms with Gasteiger partial charge in [0.2, 0.25) is 5.88 Å². The molecule has 0 bridgehead atoms. The Kier molecular flexibility index (Phi) is 7.27. The summed E-state index contributed by atoms with van der Waals surface area (Å²) in [5.41, 5.74) is 0.0803. The molecule has 3 aromatic rings. The third-order valence-corrected chi connectivity index (χ3v) is 6.61. The summed E-state index contributed by atoms with van der Waals surface area (Å²) in [4.78, 5) is 54.9. The van der Waals surface area contributed by atoms with E-state index in [9.17, 15) is 19.4 Å². The monoisotopic (exact) mass is 471 g/mol. The molecule has 0 unspecified atom stereocenters. The van der Waals surface area contributed by atoms with Crippen molar-refractivity contribution in [1.82, 2.24) is 19.7 Å². The van der Waals surface area contributed by atoms with Crippen LogP contribution < -0.4 is 15.2 Å². The van der Waals surface area contributed by atoms with Crippen LogP contribution in [-0.2, 0) is 6.54 Å². The number of piperidine rings is 1. The van der Waals surface area contributed by atoms with Gasteiger partial charge in [0.15, 0.2) is 14.2 Å². The standard InChI is InChI=1S/C22H26N5O5P/c1-32-19-12-17-13-24-27(14-18(28)16-2-7-23-8-3-16)22(29)20(17)21(25-19)26-9-4-15(5-10-26)6-11-33(30)31/h2-3,7-8,12-13,15,30-31H,4-6,9-11,14H2,1H3. The Morgan fingerprint density at radius 2 is 1.97 bits per heavy atom. The number of ketones is 1. The van der Waals surface area contributed by atoms with Crippen LogP contribution in [0.15, 0.2) is 41.6 Å². The first-order valence-corrected chi connectivity index (χ1v) is 12.2. The Labute approximate surface area is 191 Å². The maximum Gasteiger partial charge on any atom is 0.278 e. The molecule has 10 nitrogen and oxygen atoms in total. The number of hydrogen-bond acceptors (Lipinski definition) is 9. The summed E-state index contributed by atoms with van der Waals surface area (Å²) in [7, 11) is -0.345. The number of ether oxygens (including phenoxy) is 1. The summed E-state index contributed by atoms with van der Waals surface area (Å²) in [5, 5.41) is 5.21. The Morgan fingerprint density at radius 1 is 1.24 bits per heavy atom. The molecule has 1 fully saturated rings. The number of anilines is 1. The number of rotatable bonds is 8. The van der Waals surface area contributed by atoms with E-state index in [1.807, 2.05) is 0 Å². The van der Waals surface area contributed by atoms with Crippen molar-refractivity contribution in [3.05, 3.63) is 52.7 Å². The molecule has 1 saturated heterocycles. The van der Waals surface area contributed by atoms with Crippen molar-refractivity contribution < 1.29 is 19.3 Å². The van der Waals surface area contributed by atoms with Crippen LogP contribution in [0, 0.1) is 5.92 Å². The van der Waals surface area contributed by atoms with E-state index in [2.05, 4.69) is 20.0 Å². The molecule has 0 saturated carbocycles. The number of methoxy groups -OCH3 is 1. The summed E-state index contributed by atoms with van der Waals surface area (Å²) in [6.07, 6.45) is 7.54. The fourth-order valence-corrected chi connectivity index (χ4v) is 4.70. The number of nitrogens with zero attached hydrogens (tertiary/aromatic N) is 5. The van der Waals surface area contributed by atoms with Crippen LogP contribution >= 0.6 is 8.38 Å². The molecule has 4 rings (SSSR count). The molecule has 3 aromatic heterocycles. The van der Waals surface area contributed by atoms with E-state index in [1.165, 1.54) is 24.2 Å². The van der Waals surface area contributed by atoms with E-state index >= 15 is 0 Å². The van der Waals surface area contributed by atoms with Crippen molar-refractivity contribution >= 4 is 30.7 Å². The van der Waals surface area contributed by atoms with Crippen molar-refractivity contribution in [3.63, 3.8) is 0 Å². The average molecular weight is 471 g/mol. The molecule has 0 amide bonds. The zero-order chi connectivity index (χ0) is 23.4. The first-order chi connectivity index (χ1) is 16.0. The first-order valence-electron chi connectivity index (χ1n) is 10.7. The number of aromatic nitrogens is 4.